The van der Waals surface area contributed by atoms with Gasteiger partial charge in [0.25, 0.3) is 0 Å². The normalized spacial score (nSPS) is 19.1. The van der Waals surface area contributed by atoms with E-state index in [1.165, 1.54) is 36.8 Å². The molecule has 0 spiro atoms. The second kappa shape index (κ2) is 5.02. The SMILES string of the molecule is COC(C)(C)c1cccc(C2(CN)CCCC2)c1. The molecule has 0 bridgehead atoms. The van der Waals surface area contributed by atoms with Gasteiger partial charge in [-0.25, -0.2) is 0 Å². The second-order valence-electron chi connectivity index (χ2n) is 5.99. The van der Waals surface area contributed by atoms with Crippen molar-refractivity contribution in [1.29, 1.82) is 0 Å². The lowest BCUT2D eigenvalue weighted by Gasteiger charge is -2.30. The number of methoxy groups -OCH3 is 1. The van der Waals surface area contributed by atoms with Crippen LogP contribution in [0, 0.1) is 0 Å². The summed E-state index contributed by atoms with van der Waals surface area (Å²) in [4.78, 5) is 0. The molecule has 0 amide bonds. The molecule has 1 aromatic rings. The molecule has 2 N–H and O–H groups in total. The van der Waals surface area contributed by atoms with Gasteiger partial charge in [-0.2, -0.15) is 0 Å². The van der Waals surface area contributed by atoms with Crippen LogP contribution in [-0.2, 0) is 15.8 Å². The van der Waals surface area contributed by atoms with E-state index in [4.69, 9.17) is 10.5 Å². The van der Waals surface area contributed by atoms with Gasteiger partial charge in [0.1, 0.15) is 0 Å². The summed E-state index contributed by atoms with van der Waals surface area (Å²) in [5.41, 5.74) is 8.67. The Morgan fingerprint density at radius 3 is 2.50 bits per heavy atom. The third kappa shape index (κ3) is 2.32. The molecule has 0 unspecified atom stereocenters. The van der Waals surface area contributed by atoms with Gasteiger partial charge in [-0.05, 0) is 37.8 Å². The Kier molecular flexibility index (Phi) is 3.79. The number of ether oxygens (including phenoxy) is 1. The summed E-state index contributed by atoms with van der Waals surface area (Å²) in [6.07, 6.45) is 5.05. The molecule has 1 aliphatic rings. The summed E-state index contributed by atoms with van der Waals surface area (Å²) in [7, 11) is 1.76. The molecule has 1 aliphatic carbocycles. The van der Waals surface area contributed by atoms with Crippen LogP contribution in [0.15, 0.2) is 24.3 Å². The number of benzene rings is 1. The van der Waals surface area contributed by atoms with Crippen LogP contribution in [0.1, 0.15) is 50.7 Å². The molecule has 0 radical (unpaired) electrons. The van der Waals surface area contributed by atoms with Crippen molar-refractivity contribution in [2.24, 2.45) is 5.73 Å². The average molecular weight is 247 g/mol. The van der Waals surface area contributed by atoms with Gasteiger partial charge < -0.3 is 10.5 Å². The van der Waals surface area contributed by atoms with Crippen LogP contribution in [-0.4, -0.2) is 13.7 Å². The quantitative estimate of drug-likeness (QED) is 0.885. The lowest BCUT2D eigenvalue weighted by molar-refractivity contribution is 0.0191. The first-order chi connectivity index (χ1) is 8.54. The number of nitrogens with two attached hydrogens (primary N) is 1. The fourth-order valence-electron chi connectivity index (χ4n) is 3.00. The Balaban J connectivity index is 2.38. The maximum absolute atomic E-state index is 6.06. The Labute approximate surface area is 111 Å². The molecule has 0 saturated heterocycles. The monoisotopic (exact) mass is 247 g/mol. The highest BCUT2D eigenvalue weighted by atomic mass is 16.5. The highest BCUT2D eigenvalue weighted by Gasteiger charge is 2.35. The Bertz CT molecular complexity index is 405. The van der Waals surface area contributed by atoms with Crippen LogP contribution in [0.5, 0.6) is 0 Å². The van der Waals surface area contributed by atoms with Crippen molar-refractivity contribution in [2.75, 3.05) is 13.7 Å². The van der Waals surface area contributed by atoms with Crippen molar-refractivity contribution >= 4 is 0 Å². The van der Waals surface area contributed by atoms with Crippen LogP contribution >= 0.6 is 0 Å². The molecule has 0 aliphatic heterocycles. The van der Waals surface area contributed by atoms with Gasteiger partial charge in [0.15, 0.2) is 0 Å². The van der Waals surface area contributed by atoms with E-state index in [0.717, 1.165) is 6.54 Å². The van der Waals surface area contributed by atoms with Crippen molar-refractivity contribution in [3.05, 3.63) is 35.4 Å². The highest BCUT2D eigenvalue weighted by Crippen LogP contribution is 2.41. The number of rotatable bonds is 4. The lowest BCUT2D eigenvalue weighted by atomic mass is 9.77. The Morgan fingerprint density at radius 2 is 1.94 bits per heavy atom. The minimum Gasteiger partial charge on any atom is -0.374 e. The molecule has 2 heteroatoms. The van der Waals surface area contributed by atoms with E-state index in [0.29, 0.717) is 0 Å². The van der Waals surface area contributed by atoms with Crippen molar-refractivity contribution in [3.8, 4) is 0 Å². The molecule has 1 fully saturated rings. The second-order valence-corrected chi connectivity index (χ2v) is 5.99. The maximum Gasteiger partial charge on any atom is 0.0871 e. The topological polar surface area (TPSA) is 35.2 Å². The number of hydrogen-bond acceptors (Lipinski definition) is 2. The van der Waals surface area contributed by atoms with E-state index >= 15 is 0 Å². The fraction of sp³-hybridized carbons (Fsp3) is 0.625. The smallest absolute Gasteiger partial charge is 0.0871 e. The summed E-state index contributed by atoms with van der Waals surface area (Å²) in [5.74, 6) is 0. The van der Waals surface area contributed by atoms with Gasteiger partial charge in [-0.3, -0.25) is 0 Å². The Hall–Kier alpha value is -0.860. The Morgan fingerprint density at radius 1 is 1.28 bits per heavy atom. The van der Waals surface area contributed by atoms with E-state index in [-0.39, 0.29) is 11.0 Å². The maximum atomic E-state index is 6.06. The molecule has 0 heterocycles. The van der Waals surface area contributed by atoms with Crippen LogP contribution in [0.4, 0.5) is 0 Å². The third-order valence-electron chi connectivity index (χ3n) is 4.63. The van der Waals surface area contributed by atoms with Gasteiger partial charge >= 0.3 is 0 Å². The summed E-state index contributed by atoms with van der Waals surface area (Å²) < 4.78 is 5.58. The average Bonchev–Trinajstić information content (AvgIpc) is 2.89. The van der Waals surface area contributed by atoms with Crippen LogP contribution in [0.25, 0.3) is 0 Å². The van der Waals surface area contributed by atoms with E-state index in [1.807, 2.05) is 0 Å². The molecule has 1 saturated carbocycles. The van der Waals surface area contributed by atoms with E-state index in [9.17, 15) is 0 Å². The van der Waals surface area contributed by atoms with E-state index < -0.39 is 0 Å². The summed E-state index contributed by atoms with van der Waals surface area (Å²) in [6, 6.07) is 8.81. The van der Waals surface area contributed by atoms with Crippen LogP contribution in [0.3, 0.4) is 0 Å². The zero-order chi connectivity index (χ0) is 13.2. The molecule has 100 valence electrons. The molecule has 0 aromatic heterocycles. The third-order valence-corrected chi connectivity index (χ3v) is 4.63. The number of hydrogen-bond donors (Lipinski definition) is 1. The van der Waals surface area contributed by atoms with Gasteiger partial charge in [-0.1, -0.05) is 37.1 Å². The largest absolute Gasteiger partial charge is 0.374 e. The zero-order valence-electron chi connectivity index (χ0n) is 11.8. The van der Waals surface area contributed by atoms with E-state index in [2.05, 4.69) is 38.1 Å². The minimum atomic E-state index is -0.232. The molecule has 2 nitrogen and oxygen atoms in total. The molecule has 18 heavy (non-hydrogen) atoms. The molecule has 0 atom stereocenters. The van der Waals surface area contributed by atoms with Gasteiger partial charge in [0, 0.05) is 19.1 Å². The minimum absolute atomic E-state index is 0.208. The lowest BCUT2D eigenvalue weighted by Crippen LogP contribution is -2.32. The predicted octanol–water partition coefficient (Wildman–Crippen LogP) is 3.34. The first kappa shape index (κ1) is 13.6. The molecule has 2 rings (SSSR count). The van der Waals surface area contributed by atoms with Gasteiger partial charge in [0.2, 0.25) is 0 Å². The standard InChI is InChI=1S/C16H25NO/c1-15(2,18-3)13-7-6-8-14(11-13)16(12-17)9-4-5-10-16/h6-8,11H,4-5,9-10,12,17H2,1-3H3. The molecule has 1 aromatic carbocycles. The first-order valence-electron chi connectivity index (χ1n) is 6.90. The summed E-state index contributed by atoms with van der Waals surface area (Å²) in [5, 5.41) is 0. The molecular weight excluding hydrogens is 222 g/mol. The highest BCUT2D eigenvalue weighted by molar-refractivity contribution is 5.34. The van der Waals surface area contributed by atoms with Crippen molar-refractivity contribution in [1.82, 2.24) is 0 Å². The van der Waals surface area contributed by atoms with Gasteiger partial charge in [-0.15, -0.1) is 0 Å². The molecular formula is C16H25NO. The fourth-order valence-corrected chi connectivity index (χ4v) is 3.00. The zero-order valence-corrected chi connectivity index (χ0v) is 11.8. The van der Waals surface area contributed by atoms with Gasteiger partial charge in [0.05, 0.1) is 5.60 Å². The van der Waals surface area contributed by atoms with Crippen molar-refractivity contribution in [2.45, 2.75) is 50.5 Å². The van der Waals surface area contributed by atoms with Crippen molar-refractivity contribution in [3.63, 3.8) is 0 Å². The predicted molar refractivity (Wildman–Crippen MR) is 75.7 cm³/mol. The van der Waals surface area contributed by atoms with E-state index in [1.54, 1.807) is 7.11 Å². The first-order valence-corrected chi connectivity index (χ1v) is 6.90. The van der Waals surface area contributed by atoms with Crippen molar-refractivity contribution < 1.29 is 4.74 Å². The summed E-state index contributed by atoms with van der Waals surface area (Å²) in [6.45, 7) is 4.97. The van der Waals surface area contributed by atoms with Crippen LogP contribution in [0.2, 0.25) is 0 Å². The summed E-state index contributed by atoms with van der Waals surface area (Å²) >= 11 is 0. The van der Waals surface area contributed by atoms with Crippen LogP contribution < -0.4 is 5.73 Å².